The van der Waals surface area contributed by atoms with Crippen LogP contribution in [0.5, 0.6) is 11.6 Å². The van der Waals surface area contributed by atoms with Gasteiger partial charge in [-0.1, -0.05) is 42.1 Å². The summed E-state index contributed by atoms with van der Waals surface area (Å²) < 4.78 is 21.1. The molecule has 0 unspecified atom stereocenters. The first-order valence-electron chi connectivity index (χ1n) is 9.96. The van der Waals surface area contributed by atoms with Gasteiger partial charge in [0.1, 0.15) is 11.6 Å². The average Bonchev–Trinajstić information content (AvgIpc) is 3.26. The van der Waals surface area contributed by atoms with Crippen molar-refractivity contribution in [2.75, 3.05) is 5.75 Å². The van der Waals surface area contributed by atoms with Gasteiger partial charge in [-0.2, -0.15) is 0 Å². The zero-order chi connectivity index (χ0) is 22.3. The second kappa shape index (κ2) is 10.1. The van der Waals surface area contributed by atoms with Gasteiger partial charge < -0.3 is 10.1 Å². The number of rotatable bonds is 8. The number of imidazole rings is 1. The predicted octanol–water partition coefficient (Wildman–Crippen LogP) is 4.92. The van der Waals surface area contributed by atoms with E-state index < -0.39 is 5.82 Å². The number of nitrogens with zero attached hydrogens (tertiary/aromatic N) is 3. The molecule has 0 atom stereocenters. The third-order valence-corrected chi connectivity index (χ3v) is 5.62. The fourth-order valence-corrected chi connectivity index (χ4v) is 3.88. The van der Waals surface area contributed by atoms with Gasteiger partial charge in [-0.25, -0.2) is 14.4 Å². The molecule has 4 aromatic rings. The van der Waals surface area contributed by atoms with E-state index in [0.29, 0.717) is 17.2 Å². The number of hydrogen-bond donors (Lipinski definition) is 1. The molecule has 4 rings (SSSR count). The van der Waals surface area contributed by atoms with E-state index in [4.69, 9.17) is 4.74 Å². The number of benzene rings is 2. The second-order valence-electron chi connectivity index (χ2n) is 6.96. The molecule has 0 fully saturated rings. The summed E-state index contributed by atoms with van der Waals surface area (Å²) in [6.07, 6.45) is 5.19. The standard InChI is InChI=1S/C24H21FN4O2S/c1-17-6-2-3-10-21(17)29-13-12-27-24(29)32-16-22(30)28-15-18-7-5-11-26-23(18)31-20-9-4-8-19(25)14-20/h2-14H,15-16H2,1H3,(H,28,30). The number of halogens is 1. The molecule has 1 N–H and O–H groups in total. The molecule has 6 nitrogen and oxygen atoms in total. The summed E-state index contributed by atoms with van der Waals surface area (Å²) in [6.45, 7) is 2.28. The number of carbonyl (C=O) groups is 1. The Morgan fingerprint density at radius 3 is 2.81 bits per heavy atom. The molecule has 1 amide bonds. The van der Waals surface area contributed by atoms with E-state index in [1.165, 1.54) is 23.9 Å². The molecule has 0 spiro atoms. The Balaban J connectivity index is 1.36. The van der Waals surface area contributed by atoms with Crippen molar-refractivity contribution in [3.63, 3.8) is 0 Å². The van der Waals surface area contributed by atoms with Crippen LogP contribution < -0.4 is 10.1 Å². The van der Waals surface area contributed by atoms with E-state index in [-0.39, 0.29) is 18.2 Å². The van der Waals surface area contributed by atoms with Crippen molar-refractivity contribution in [1.82, 2.24) is 19.9 Å². The maximum atomic E-state index is 13.4. The number of aromatic nitrogens is 3. The van der Waals surface area contributed by atoms with E-state index in [2.05, 4.69) is 15.3 Å². The summed E-state index contributed by atoms with van der Waals surface area (Å²) in [5.74, 6) is 0.337. The molecule has 0 saturated heterocycles. The fraction of sp³-hybridized carbons (Fsp3) is 0.125. The number of nitrogens with one attached hydrogen (secondary N) is 1. The molecule has 2 heterocycles. The van der Waals surface area contributed by atoms with Crippen molar-refractivity contribution in [2.24, 2.45) is 0 Å². The Labute approximate surface area is 189 Å². The van der Waals surface area contributed by atoms with E-state index in [1.54, 1.807) is 36.7 Å². The van der Waals surface area contributed by atoms with Crippen LogP contribution in [-0.4, -0.2) is 26.2 Å². The number of para-hydroxylation sites is 1. The number of pyridine rings is 1. The quantitative estimate of drug-likeness (QED) is 0.388. The third-order valence-electron chi connectivity index (χ3n) is 4.65. The molecule has 8 heteroatoms. The molecule has 162 valence electrons. The lowest BCUT2D eigenvalue weighted by Gasteiger charge is -2.12. The van der Waals surface area contributed by atoms with E-state index in [1.807, 2.05) is 42.0 Å². The van der Waals surface area contributed by atoms with Crippen LogP contribution >= 0.6 is 11.8 Å². The summed E-state index contributed by atoms with van der Waals surface area (Å²) >= 11 is 1.36. The largest absolute Gasteiger partial charge is 0.439 e. The first-order valence-corrected chi connectivity index (χ1v) is 10.9. The van der Waals surface area contributed by atoms with Crippen LogP contribution in [0.1, 0.15) is 11.1 Å². The van der Waals surface area contributed by atoms with Crippen molar-refractivity contribution in [2.45, 2.75) is 18.6 Å². The minimum absolute atomic E-state index is 0.144. The number of carbonyl (C=O) groups excluding carboxylic acids is 1. The lowest BCUT2D eigenvalue weighted by atomic mass is 10.2. The highest BCUT2D eigenvalue weighted by Gasteiger charge is 2.12. The minimum atomic E-state index is -0.394. The van der Waals surface area contributed by atoms with Crippen LogP contribution in [0.2, 0.25) is 0 Å². The van der Waals surface area contributed by atoms with Crippen LogP contribution in [0.15, 0.2) is 84.4 Å². The van der Waals surface area contributed by atoms with Gasteiger partial charge in [0.15, 0.2) is 5.16 Å². The lowest BCUT2D eigenvalue weighted by molar-refractivity contribution is -0.118. The summed E-state index contributed by atoms with van der Waals surface area (Å²) in [5, 5.41) is 3.62. The molecular formula is C24H21FN4O2S. The van der Waals surface area contributed by atoms with Gasteiger partial charge >= 0.3 is 0 Å². The maximum absolute atomic E-state index is 13.4. The topological polar surface area (TPSA) is 69.0 Å². The summed E-state index contributed by atoms with van der Waals surface area (Å²) in [6, 6.07) is 17.4. The summed E-state index contributed by atoms with van der Waals surface area (Å²) in [4.78, 5) is 21.0. The molecule has 0 saturated carbocycles. The minimum Gasteiger partial charge on any atom is -0.439 e. The highest BCUT2D eigenvalue weighted by molar-refractivity contribution is 7.99. The summed E-state index contributed by atoms with van der Waals surface area (Å²) in [5.41, 5.74) is 2.85. The van der Waals surface area contributed by atoms with Crippen molar-refractivity contribution >= 4 is 17.7 Å². The molecule has 0 bridgehead atoms. The van der Waals surface area contributed by atoms with Gasteiger partial charge in [0.05, 0.1) is 11.4 Å². The number of hydrogen-bond acceptors (Lipinski definition) is 5. The molecule has 0 radical (unpaired) electrons. The Bertz CT molecular complexity index is 1230. The normalized spacial score (nSPS) is 10.7. The predicted molar refractivity (Wildman–Crippen MR) is 122 cm³/mol. The van der Waals surface area contributed by atoms with Crippen LogP contribution in [-0.2, 0) is 11.3 Å². The first-order chi connectivity index (χ1) is 15.6. The number of aryl methyl sites for hydroxylation is 1. The van der Waals surface area contributed by atoms with E-state index in [0.717, 1.165) is 16.4 Å². The first kappa shape index (κ1) is 21.6. The molecule has 2 aromatic heterocycles. The van der Waals surface area contributed by atoms with Crippen LogP contribution in [0.25, 0.3) is 5.69 Å². The van der Waals surface area contributed by atoms with Crippen molar-refractivity contribution in [3.05, 3.63) is 96.2 Å². The Morgan fingerprint density at radius 2 is 1.97 bits per heavy atom. The van der Waals surface area contributed by atoms with Crippen LogP contribution in [0.4, 0.5) is 4.39 Å². The number of ether oxygens (including phenoxy) is 1. The SMILES string of the molecule is Cc1ccccc1-n1ccnc1SCC(=O)NCc1cccnc1Oc1cccc(F)c1. The second-order valence-corrected chi connectivity index (χ2v) is 7.90. The highest BCUT2D eigenvalue weighted by atomic mass is 32.2. The van der Waals surface area contributed by atoms with Crippen molar-refractivity contribution in [1.29, 1.82) is 0 Å². The Hall–Kier alpha value is -3.65. The van der Waals surface area contributed by atoms with E-state index >= 15 is 0 Å². The average molecular weight is 449 g/mol. The molecule has 0 aliphatic rings. The van der Waals surface area contributed by atoms with E-state index in [9.17, 15) is 9.18 Å². The smallest absolute Gasteiger partial charge is 0.230 e. The number of amides is 1. The van der Waals surface area contributed by atoms with Crippen LogP contribution in [0, 0.1) is 12.7 Å². The van der Waals surface area contributed by atoms with Gasteiger partial charge in [0.2, 0.25) is 11.8 Å². The third kappa shape index (κ3) is 5.33. The summed E-state index contributed by atoms with van der Waals surface area (Å²) in [7, 11) is 0. The van der Waals surface area contributed by atoms with Crippen LogP contribution in [0.3, 0.4) is 0 Å². The zero-order valence-electron chi connectivity index (χ0n) is 17.4. The molecular weight excluding hydrogens is 427 g/mol. The van der Waals surface area contributed by atoms with Gasteiger partial charge in [-0.3, -0.25) is 9.36 Å². The molecule has 0 aliphatic heterocycles. The molecule has 32 heavy (non-hydrogen) atoms. The van der Waals surface area contributed by atoms with Gasteiger partial charge in [0.25, 0.3) is 0 Å². The van der Waals surface area contributed by atoms with Gasteiger partial charge in [0, 0.05) is 36.8 Å². The maximum Gasteiger partial charge on any atom is 0.230 e. The molecule has 0 aliphatic carbocycles. The fourth-order valence-electron chi connectivity index (χ4n) is 3.08. The van der Waals surface area contributed by atoms with Crippen molar-refractivity contribution in [3.8, 4) is 17.3 Å². The highest BCUT2D eigenvalue weighted by Crippen LogP contribution is 2.24. The Morgan fingerprint density at radius 1 is 1.09 bits per heavy atom. The monoisotopic (exact) mass is 448 g/mol. The molecule has 2 aromatic carbocycles. The number of thioether (sulfide) groups is 1. The zero-order valence-corrected chi connectivity index (χ0v) is 18.2. The van der Waals surface area contributed by atoms with Gasteiger partial charge in [-0.15, -0.1) is 0 Å². The Kier molecular flexibility index (Phi) is 6.81. The lowest BCUT2D eigenvalue weighted by Crippen LogP contribution is -2.25. The van der Waals surface area contributed by atoms with Crippen molar-refractivity contribution < 1.29 is 13.9 Å². The van der Waals surface area contributed by atoms with Gasteiger partial charge in [-0.05, 0) is 36.8 Å².